The van der Waals surface area contributed by atoms with Crippen molar-refractivity contribution >= 4 is 57.8 Å². The number of hydrogen-bond donors (Lipinski definition) is 2. The molecule has 0 atom stereocenters. The second kappa shape index (κ2) is 11.4. The van der Waals surface area contributed by atoms with Gasteiger partial charge >= 0.3 is 5.97 Å². The Balaban J connectivity index is 2.37. The first-order valence-electron chi connectivity index (χ1n) is 8.86. The molecule has 0 bridgehead atoms. The van der Waals surface area contributed by atoms with Crippen molar-refractivity contribution in [2.24, 2.45) is 0 Å². The zero-order valence-corrected chi connectivity index (χ0v) is 19.5. The Labute approximate surface area is 197 Å². The molecular weight excluding hydrogens is 539 g/mol. The third kappa shape index (κ3) is 6.77. The maximum atomic E-state index is 12.6. The summed E-state index contributed by atoms with van der Waals surface area (Å²) in [6, 6.07) is 9.80. The third-order valence-corrected chi connectivity index (χ3v) is 4.79. The van der Waals surface area contributed by atoms with Crippen LogP contribution in [0.25, 0.3) is 6.08 Å². The van der Waals surface area contributed by atoms with E-state index in [1.165, 1.54) is 19.3 Å². The van der Waals surface area contributed by atoms with Gasteiger partial charge in [0.25, 0.3) is 5.91 Å². The number of amides is 1. The number of carbonyl (C=O) groups excluding carboxylic acids is 1. The summed E-state index contributed by atoms with van der Waals surface area (Å²) in [5, 5.41) is 21.4. The Morgan fingerprint density at radius 1 is 1.26 bits per heavy atom. The first kappa shape index (κ1) is 24.3. The van der Waals surface area contributed by atoms with Crippen molar-refractivity contribution in [1.82, 2.24) is 0 Å². The Morgan fingerprint density at radius 3 is 2.61 bits per heavy atom. The molecule has 0 heterocycles. The normalized spacial score (nSPS) is 10.7. The molecule has 1 amide bonds. The minimum absolute atomic E-state index is 0.167. The molecule has 0 saturated heterocycles. The average molecular weight is 557 g/mol. The predicted octanol–water partition coefficient (Wildman–Crippen LogP) is 4.36. The first-order valence-corrected chi connectivity index (χ1v) is 10.3. The van der Waals surface area contributed by atoms with Crippen LogP contribution in [0.5, 0.6) is 17.2 Å². The number of nitrogens with zero attached hydrogens (tertiary/aromatic N) is 1. The molecule has 0 unspecified atom stereocenters. The van der Waals surface area contributed by atoms with Crippen LogP contribution in [0.2, 0.25) is 5.02 Å². The average Bonchev–Trinajstić information content (AvgIpc) is 2.71. The SMILES string of the molecule is CCOc1cc(/C=C(\C#N)C(=O)Nc2cc(Cl)ccc2OC)cc(I)c1OCC(=O)O. The van der Waals surface area contributed by atoms with E-state index in [0.29, 0.717) is 37.9 Å². The van der Waals surface area contributed by atoms with Crippen LogP contribution in [-0.2, 0) is 9.59 Å². The lowest BCUT2D eigenvalue weighted by Crippen LogP contribution is -2.14. The van der Waals surface area contributed by atoms with Crippen LogP contribution < -0.4 is 19.5 Å². The number of carboxylic acids is 1. The summed E-state index contributed by atoms with van der Waals surface area (Å²) in [4.78, 5) is 23.5. The van der Waals surface area contributed by atoms with Crippen LogP contribution in [0, 0.1) is 14.9 Å². The maximum Gasteiger partial charge on any atom is 0.341 e. The molecule has 0 fully saturated rings. The summed E-state index contributed by atoms with van der Waals surface area (Å²) < 4.78 is 16.6. The first-order chi connectivity index (χ1) is 14.8. The summed E-state index contributed by atoms with van der Waals surface area (Å²) in [7, 11) is 1.45. The molecule has 0 aliphatic heterocycles. The third-order valence-electron chi connectivity index (χ3n) is 3.76. The minimum atomic E-state index is -1.12. The van der Waals surface area contributed by atoms with Crippen LogP contribution in [0.3, 0.4) is 0 Å². The van der Waals surface area contributed by atoms with Gasteiger partial charge in [0.05, 0.1) is 23.0 Å². The molecule has 2 N–H and O–H groups in total. The van der Waals surface area contributed by atoms with Crippen LogP contribution in [0.15, 0.2) is 35.9 Å². The van der Waals surface area contributed by atoms with Crippen LogP contribution in [0.4, 0.5) is 5.69 Å². The van der Waals surface area contributed by atoms with Gasteiger partial charge in [-0.25, -0.2) is 4.79 Å². The highest BCUT2D eigenvalue weighted by Gasteiger charge is 2.16. The second-order valence-corrected chi connectivity index (χ2v) is 7.51. The summed E-state index contributed by atoms with van der Waals surface area (Å²) in [5.74, 6) is -0.808. The van der Waals surface area contributed by atoms with E-state index < -0.39 is 18.5 Å². The fourth-order valence-electron chi connectivity index (χ4n) is 2.49. The molecular formula is C21H18ClIN2O6. The van der Waals surface area contributed by atoms with Gasteiger partial charge in [0.15, 0.2) is 18.1 Å². The van der Waals surface area contributed by atoms with Gasteiger partial charge in [0.2, 0.25) is 0 Å². The Kier molecular flexibility index (Phi) is 8.96. The molecule has 31 heavy (non-hydrogen) atoms. The number of hydrogen-bond acceptors (Lipinski definition) is 6. The molecule has 162 valence electrons. The Morgan fingerprint density at radius 2 is 2.00 bits per heavy atom. The number of nitriles is 1. The molecule has 2 aromatic rings. The van der Waals surface area contributed by atoms with Crippen molar-refractivity contribution in [3.63, 3.8) is 0 Å². The molecule has 0 aliphatic carbocycles. The molecule has 0 saturated carbocycles. The number of aliphatic carboxylic acids is 1. The minimum Gasteiger partial charge on any atom is -0.495 e. The fourth-order valence-corrected chi connectivity index (χ4v) is 3.44. The van der Waals surface area contributed by atoms with Crippen molar-refractivity contribution < 1.29 is 28.9 Å². The number of carboxylic acid groups (broad SMARTS) is 1. The smallest absolute Gasteiger partial charge is 0.341 e. The van der Waals surface area contributed by atoms with Crippen LogP contribution in [0.1, 0.15) is 12.5 Å². The number of methoxy groups -OCH3 is 1. The zero-order chi connectivity index (χ0) is 23.0. The van der Waals surface area contributed by atoms with E-state index in [4.69, 9.17) is 30.9 Å². The van der Waals surface area contributed by atoms with Gasteiger partial charge in [-0.2, -0.15) is 5.26 Å². The molecule has 0 aliphatic rings. The lowest BCUT2D eigenvalue weighted by Gasteiger charge is -2.14. The molecule has 2 rings (SSSR count). The number of benzene rings is 2. The van der Waals surface area contributed by atoms with Crippen molar-refractivity contribution in [3.05, 3.63) is 50.1 Å². The Bertz CT molecular complexity index is 1060. The van der Waals surface area contributed by atoms with E-state index in [0.717, 1.165) is 0 Å². The molecule has 0 radical (unpaired) electrons. The van der Waals surface area contributed by atoms with Crippen LogP contribution in [-0.4, -0.2) is 37.3 Å². The lowest BCUT2D eigenvalue weighted by molar-refractivity contribution is -0.139. The largest absolute Gasteiger partial charge is 0.495 e. The summed E-state index contributed by atoms with van der Waals surface area (Å²) in [6.07, 6.45) is 1.39. The van der Waals surface area contributed by atoms with Gasteiger partial charge in [-0.05, 0) is 71.5 Å². The topological polar surface area (TPSA) is 118 Å². The van der Waals surface area contributed by atoms with Gasteiger partial charge in [-0.15, -0.1) is 0 Å². The number of anilines is 1. The van der Waals surface area contributed by atoms with E-state index in [2.05, 4.69) is 5.32 Å². The highest BCUT2D eigenvalue weighted by molar-refractivity contribution is 14.1. The van der Waals surface area contributed by atoms with E-state index in [1.54, 1.807) is 31.2 Å². The molecule has 10 heteroatoms. The summed E-state index contributed by atoms with van der Waals surface area (Å²) in [6.45, 7) is 1.55. The number of halogens is 2. The number of nitrogens with one attached hydrogen (secondary N) is 1. The van der Waals surface area contributed by atoms with Gasteiger partial charge in [-0.3, -0.25) is 4.79 Å². The molecule has 2 aromatic carbocycles. The van der Waals surface area contributed by atoms with E-state index in [9.17, 15) is 14.9 Å². The van der Waals surface area contributed by atoms with Crippen molar-refractivity contribution in [2.45, 2.75) is 6.92 Å². The van der Waals surface area contributed by atoms with Crippen molar-refractivity contribution in [2.75, 3.05) is 25.6 Å². The van der Waals surface area contributed by atoms with Gasteiger partial charge in [-0.1, -0.05) is 11.6 Å². The summed E-state index contributed by atoms with van der Waals surface area (Å²) >= 11 is 7.94. The van der Waals surface area contributed by atoms with Gasteiger partial charge in [0, 0.05) is 5.02 Å². The van der Waals surface area contributed by atoms with Crippen molar-refractivity contribution in [3.8, 4) is 23.3 Å². The fraction of sp³-hybridized carbons (Fsp3) is 0.190. The summed E-state index contributed by atoms with van der Waals surface area (Å²) in [5.41, 5.74) is 0.655. The number of rotatable bonds is 9. The molecule has 0 spiro atoms. The number of carbonyl (C=O) groups is 2. The standard InChI is InChI=1S/C21H18ClIN2O6/c1-3-30-18-8-12(7-15(23)20(18)31-11-19(26)27)6-13(10-24)21(28)25-16-9-14(22)4-5-17(16)29-2/h4-9H,3,11H2,1-2H3,(H,25,28)(H,26,27)/b13-6+. The monoisotopic (exact) mass is 556 g/mol. The van der Waals surface area contributed by atoms with Gasteiger partial charge in [0.1, 0.15) is 17.4 Å². The number of ether oxygens (including phenoxy) is 3. The second-order valence-electron chi connectivity index (χ2n) is 5.91. The highest BCUT2D eigenvalue weighted by Crippen LogP contribution is 2.35. The predicted molar refractivity (Wildman–Crippen MR) is 124 cm³/mol. The quantitative estimate of drug-likeness (QED) is 0.268. The van der Waals surface area contributed by atoms with E-state index in [-0.39, 0.29) is 11.3 Å². The highest BCUT2D eigenvalue weighted by atomic mass is 127. The zero-order valence-electron chi connectivity index (χ0n) is 16.6. The van der Waals surface area contributed by atoms with Crippen LogP contribution >= 0.6 is 34.2 Å². The molecule has 8 nitrogen and oxygen atoms in total. The van der Waals surface area contributed by atoms with E-state index >= 15 is 0 Å². The van der Waals surface area contributed by atoms with Gasteiger partial charge < -0.3 is 24.6 Å². The Hall–Kier alpha value is -2.97. The molecule has 0 aromatic heterocycles. The van der Waals surface area contributed by atoms with Crippen molar-refractivity contribution in [1.29, 1.82) is 5.26 Å². The van der Waals surface area contributed by atoms with E-state index in [1.807, 2.05) is 28.7 Å². The lowest BCUT2D eigenvalue weighted by atomic mass is 10.1. The maximum absolute atomic E-state index is 12.6.